The second-order valence-corrected chi connectivity index (χ2v) is 3.57. The van der Waals surface area contributed by atoms with Gasteiger partial charge in [-0.25, -0.2) is 0 Å². The smallest absolute Gasteiger partial charge is 0.297 e. The fraction of sp³-hybridized carbons (Fsp3) is 0.700. The average Bonchev–Trinajstić information content (AvgIpc) is 2.65. The van der Waals surface area contributed by atoms with Gasteiger partial charge in [-0.3, -0.25) is 0 Å². The van der Waals surface area contributed by atoms with Crippen LogP contribution in [0.3, 0.4) is 0 Å². The number of nitrogens with two attached hydrogens (primary N) is 1. The van der Waals surface area contributed by atoms with E-state index >= 15 is 0 Å². The zero-order valence-electron chi connectivity index (χ0n) is 9.16. The van der Waals surface area contributed by atoms with Gasteiger partial charge in [0.05, 0.1) is 5.69 Å². The van der Waals surface area contributed by atoms with Gasteiger partial charge in [0.2, 0.25) is 0 Å². The summed E-state index contributed by atoms with van der Waals surface area (Å²) in [6.45, 7) is 4.76. The molecule has 0 aliphatic rings. The van der Waals surface area contributed by atoms with Gasteiger partial charge in [-0.1, -0.05) is 13.3 Å². The lowest BCUT2D eigenvalue weighted by atomic mass is 10.2. The zero-order chi connectivity index (χ0) is 10.6. The van der Waals surface area contributed by atoms with Crippen molar-refractivity contribution in [1.29, 1.82) is 0 Å². The second kappa shape index (κ2) is 5.00. The summed E-state index contributed by atoms with van der Waals surface area (Å²) in [7, 11) is 1.99. The lowest BCUT2D eigenvalue weighted by Crippen LogP contribution is -2.28. The quantitative estimate of drug-likeness (QED) is 0.781. The van der Waals surface area contributed by atoms with Crippen LogP contribution in [-0.2, 0) is 6.54 Å². The predicted octanol–water partition coefficient (Wildman–Crippen LogP) is 1.76. The first-order valence-electron chi connectivity index (χ1n) is 5.06. The van der Waals surface area contributed by atoms with Crippen LogP contribution in [0.4, 0.5) is 6.01 Å². The fourth-order valence-corrected chi connectivity index (χ4v) is 1.35. The highest BCUT2D eigenvalue weighted by atomic mass is 16.4. The monoisotopic (exact) mass is 197 g/mol. The Kier molecular flexibility index (Phi) is 3.95. The first-order valence-corrected chi connectivity index (χ1v) is 5.06. The number of rotatable bonds is 5. The highest BCUT2D eigenvalue weighted by Crippen LogP contribution is 2.16. The van der Waals surface area contributed by atoms with E-state index in [1.165, 1.54) is 0 Å². The minimum Gasteiger partial charge on any atom is -0.432 e. The summed E-state index contributed by atoms with van der Waals surface area (Å²) in [6.07, 6.45) is 3.91. The van der Waals surface area contributed by atoms with Crippen molar-refractivity contribution in [2.45, 2.75) is 39.3 Å². The molecule has 0 saturated carbocycles. The maximum Gasteiger partial charge on any atom is 0.297 e. The summed E-state index contributed by atoms with van der Waals surface area (Å²) < 4.78 is 5.32. The Hall–Kier alpha value is -1.03. The van der Waals surface area contributed by atoms with E-state index in [0.29, 0.717) is 18.6 Å². The first-order chi connectivity index (χ1) is 6.69. The van der Waals surface area contributed by atoms with E-state index in [1.54, 1.807) is 6.26 Å². The molecule has 0 amide bonds. The maximum atomic E-state index is 5.46. The number of hydrogen-bond donors (Lipinski definition) is 1. The van der Waals surface area contributed by atoms with Gasteiger partial charge in [-0.05, 0) is 13.3 Å². The molecule has 0 aromatic carbocycles. The standard InChI is InChI=1S/C10H19N3O/c1-4-5-8(2)13(3)10-12-9(6-11)7-14-10/h7-8H,4-6,11H2,1-3H3. The molecular weight excluding hydrogens is 178 g/mol. The van der Waals surface area contributed by atoms with Gasteiger partial charge in [0.1, 0.15) is 6.26 Å². The third-order valence-corrected chi connectivity index (χ3v) is 2.42. The van der Waals surface area contributed by atoms with E-state index in [0.717, 1.165) is 18.5 Å². The van der Waals surface area contributed by atoms with Gasteiger partial charge in [-0.2, -0.15) is 4.98 Å². The fourth-order valence-electron chi connectivity index (χ4n) is 1.35. The van der Waals surface area contributed by atoms with Crippen molar-refractivity contribution >= 4 is 6.01 Å². The van der Waals surface area contributed by atoms with Crippen LogP contribution >= 0.6 is 0 Å². The molecule has 1 heterocycles. The molecule has 2 N–H and O–H groups in total. The summed E-state index contributed by atoms with van der Waals surface area (Å²) in [5.74, 6) is 0. The Bertz CT molecular complexity index is 272. The number of anilines is 1. The molecule has 0 fully saturated rings. The maximum absolute atomic E-state index is 5.46. The molecule has 0 saturated heterocycles. The van der Waals surface area contributed by atoms with Crippen LogP contribution in [0.25, 0.3) is 0 Å². The van der Waals surface area contributed by atoms with Crippen molar-refractivity contribution in [3.8, 4) is 0 Å². The van der Waals surface area contributed by atoms with Crippen molar-refractivity contribution in [1.82, 2.24) is 4.98 Å². The van der Waals surface area contributed by atoms with Crippen LogP contribution in [0.5, 0.6) is 0 Å². The summed E-state index contributed by atoms with van der Waals surface area (Å²) >= 11 is 0. The summed E-state index contributed by atoms with van der Waals surface area (Å²) in [6, 6.07) is 1.11. The van der Waals surface area contributed by atoms with E-state index in [2.05, 4.69) is 18.8 Å². The number of oxazole rings is 1. The Morgan fingerprint density at radius 2 is 2.36 bits per heavy atom. The van der Waals surface area contributed by atoms with Crippen LogP contribution in [-0.4, -0.2) is 18.1 Å². The van der Waals surface area contributed by atoms with E-state index in [4.69, 9.17) is 10.2 Å². The van der Waals surface area contributed by atoms with E-state index in [-0.39, 0.29) is 0 Å². The van der Waals surface area contributed by atoms with E-state index in [1.807, 2.05) is 11.9 Å². The molecule has 80 valence electrons. The summed E-state index contributed by atoms with van der Waals surface area (Å²) in [5, 5.41) is 0. The molecule has 1 aromatic rings. The van der Waals surface area contributed by atoms with Crippen LogP contribution in [0.15, 0.2) is 10.7 Å². The van der Waals surface area contributed by atoms with Crippen molar-refractivity contribution in [2.75, 3.05) is 11.9 Å². The van der Waals surface area contributed by atoms with Crippen LogP contribution < -0.4 is 10.6 Å². The minimum atomic E-state index is 0.430. The highest BCUT2D eigenvalue weighted by Gasteiger charge is 2.13. The number of nitrogens with zero attached hydrogens (tertiary/aromatic N) is 2. The molecule has 0 aliphatic heterocycles. The van der Waals surface area contributed by atoms with Crippen molar-refractivity contribution in [2.24, 2.45) is 5.73 Å². The summed E-state index contributed by atoms with van der Waals surface area (Å²) in [5.41, 5.74) is 6.26. The lowest BCUT2D eigenvalue weighted by molar-refractivity contribution is 0.506. The van der Waals surface area contributed by atoms with Gasteiger partial charge in [-0.15, -0.1) is 0 Å². The SMILES string of the molecule is CCCC(C)N(C)c1nc(CN)co1. The third kappa shape index (κ3) is 2.48. The Labute approximate surface area is 85.1 Å². The molecule has 1 atom stereocenters. The van der Waals surface area contributed by atoms with Crippen molar-refractivity contribution in [3.05, 3.63) is 12.0 Å². The van der Waals surface area contributed by atoms with Gasteiger partial charge >= 0.3 is 0 Å². The number of aromatic nitrogens is 1. The molecule has 0 radical (unpaired) electrons. The molecule has 4 heteroatoms. The first kappa shape index (κ1) is 11.0. The predicted molar refractivity (Wildman–Crippen MR) is 57.2 cm³/mol. The Morgan fingerprint density at radius 1 is 1.64 bits per heavy atom. The third-order valence-electron chi connectivity index (χ3n) is 2.42. The highest BCUT2D eigenvalue weighted by molar-refractivity contribution is 5.26. The van der Waals surface area contributed by atoms with E-state index < -0.39 is 0 Å². The molecule has 0 aliphatic carbocycles. The minimum absolute atomic E-state index is 0.430. The molecule has 1 unspecified atom stereocenters. The molecule has 0 spiro atoms. The molecular formula is C10H19N3O. The van der Waals surface area contributed by atoms with Crippen LogP contribution in [0, 0.1) is 0 Å². The van der Waals surface area contributed by atoms with Gasteiger partial charge < -0.3 is 15.1 Å². The molecule has 4 nitrogen and oxygen atoms in total. The zero-order valence-corrected chi connectivity index (χ0v) is 9.16. The van der Waals surface area contributed by atoms with Crippen LogP contribution in [0.2, 0.25) is 0 Å². The lowest BCUT2D eigenvalue weighted by Gasteiger charge is -2.22. The average molecular weight is 197 g/mol. The van der Waals surface area contributed by atoms with Crippen molar-refractivity contribution < 1.29 is 4.42 Å². The summed E-state index contributed by atoms with van der Waals surface area (Å²) in [4.78, 5) is 6.31. The largest absolute Gasteiger partial charge is 0.432 e. The van der Waals surface area contributed by atoms with E-state index in [9.17, 15) is 0 Å². The molecule has 1 aromatic heterocycles. The number of hydrogen-bond acceptors (Lipinski definition) is 4. The molecule has 14 heavy (non-hydrogen) atoms. The second-order valence-electron chi connectivity index (χ2n) is 3.57. The van der Waals surface area contributed by atoms with Gasteiger partial charge in [0.15, 0.2) is 0 Å². The van der Waals surface area contributed by atoms with Crippen LogP contribution in [0.1, 0.15) is 32.4 Å². The topological polar surface area (TPSA) is 55.3 Å². The van der Waals surface area contributed by atoms with Gasteiger partial charge in [0.25, 0.3) is 6.01 Å². The molecule has 1 rings (SSSR count). The van der Waals surface area contributed by atoms with Crippen molar-refractivity contribution in [3.63, 3.8) is 0 Å². The molecule has 0 bridgehead atoms. The van der Waals surface area contributed by atoms with Gasteiger partial charge in [0, 0.05) is 19.6 Å². The Morgan fingerprint density at radius 3 is 2.86 bits per heavy atom. The Balaban J connectivity index is 2.63. The normalized spacial score (nSPS) is 12.9.